The normalized spacial score (nSPS) is 17.4. The highest BCUT2D eigenvalue weighted by Crippen LogP contribution is 2.15. The number of carbonyl (C=O) groups is 2. The Hall–Kier alpha value is -0.790. The Kier molecular flexibility index (Phi) is 5.24. The van der Waals surface area contributed by atoms with E-state index in [1.165, 1.54) is 6.92 Å². The molecular weight excluding hydrogens is 230 g/mol. The van der Waals surface area contributed by atoms with Crippen LogP contribution in [0.4, 0.5) is 0 Å². The Balaban J connectivity index is 4.60. The Morgan fingerprint density at radius 3 is 2.12 bits per heavy atom. The van der Waals surface area contributed by atoms with Crippen LogP contribution < -0.4 is 16.8 Å². The summed E-state index contributed by atoms with van der Waals surface area (Å²) in [6, 6.07) is -2.05. The molecule has 0 aliphatic rings. The first kappa shape index (κ1) is 15.2. The van der Waals surface area contributed by atoms with E-state index in [2.05, 4.69) is 17.9 Å². The molecule has 6 N–H and O–H groups in total. The molecular formula is C9H19N3O3S. The quantitative estimate of drug-likeness (QED) is 0.376. The van der Waals surface area contributed by atoms with Gasteiger partial charge in [-0.25, -0.2) is 0 Å². The van der Waals surface area contributed by atoms with Gasteiger partial charge in [-0.2, -0.15) is 12.6 Å². The second-order valence-electron chi connectivity index (χ2n) is 4.26. The smallest absolute Gasteiger partial charge is 0.242 e. The van der Waals surface area contributed by atoms with Crippen molar-refractivity contribution in [3.05, 3.63) is 0 Å². The van der Waals surface area contributed by atoms with E-state index in [0.717, 1.165) is 0 Å². The van der Waals surface area contributed by atoms with E-state index in [4.69, 9.17) is 11.5 Å². The minimum absolute atomic E-state index is 0.579. The molecule has 0 saturated heterocycles. The van der Waals surface area contributed by atoms with Crippen molar-refractivity contribution in [3.8, 4) is 0 Å². The number of aliphatic hydroxyl groups excluding tert-OH is 1. The first-order chi connectivity index (χ1) is 7.07. The molecule has 0 spiro atoms. The Morgan fingerprint density at radius 2 is 1.88 bits per heavy atom. The molecule has 0 heterocycles. The Labute approximate surface area is 100 Å². The van der Waals surface area contributed by atoms with Gasteiger partial charge >= 0.3 is 0 Å². The molecule has 0 radical (unpaired) electrons. The molecule has 0 rings (SSSR count). The summed E-state index contributed by atoms with van der Waals surface area (Å²) in [4.78, 5) is 22.5. The second-order valence-corrected chi connectivity index (χ2v) is 5.41. The van der Waals surface area contributed by atoms with Crippen LogP contribution in [0.25, 0.3) is 0 Å². The number of thiol groups is 1. The van der Waals surface area contributed by atoms with Gasteiger partial charge in [0.25, 0.3) is 0 Å². The van der Waals surface area contributed by atoms with Crippen LogP contribution in [0, 0.1) is 0 Å². The minimum Gasteiger partial charge on any atom is -0.391 e. The zero-order valence-corrected chi connectivity index (χ0v) is 10.5. The number of hydrogen-bond donors (Lipinski definition) is 5. The average molecular weight is 249 g/mol. The summed E-state index contributed by atoms with van der Waals surface area (Å²) in [6.45, 7) is 4.69. The van der Waals surface area contributed by atoms with Crippen LogP contribution in [0.5, 0.6) is 0 Å². The molecule has 0 fully saturated rings. The highest BCUT2D eigenvalue weighted by atomic mass is 32.1. The maximum Gasteiger partial charge on any atom is 0.242 e. The van der Waals surface area contributed by atoms with Crippen LogP contribution in [-0.2, 0) is 9.59 Å². The number of aliphatic hydroxyl groups is 1. The monoisotopic (exact) mass is 249 g/mol. The number of nitrogens with one attached hydrogen (secondary N) is 1. The lowest BCUT2D eigenvalue weighted by Crippen LogP contribution is -2.58. The molecule has 16 heavy (non-hydrogen) atoms. The van der Waals surface area contributed by atoms with Gasteiger partial charge in [0.05, 0.1) is 12.1 Å². The highest BCUT2D eigenvalue weighted by Gasteiger charge is 2.32. The molecule has 7 heteroatoms. The van der Waals surface area contributed by atoms with Crippen LogP contribution in [0.2, 0.25) is 0 Å². The molecule has 0 aromatic rings. The van der Waals surface area contributed by atoms with Crippen LogP contribution >= 0.6 is 12.6 Å². The number of nitrogens with two attached hydrogens (primary N) is 2. The van der Waals surface area contributed by atoms with Crippen LogP contribution in [0.15, 0.2) is 0 Å². The van der Waals surface area contributed by atoms with Gasteiger partial charge < -0.3 is 21.9 Å². The highest BCUT2D eigenvalue weighted by molar-refractivity contribution is 7.81. The van der Waals surface area contributed by atoms with E-state index >= 15 is 0 Å². The first-order valence-electron chi connectivity index (χ1n) is 4.83. The average Bonchev–Trinajstić information content (AvgIpc) is 2.09. The first-order valence-corrected chi connectivity index (χ1v) is 5.27. The fraction of sp³-hybridized carbons (Fsp3) is 0.778. The van der Waals surface area contributed by atoms with Crippen molar-refractivity contribution in [1.82, 2.24) is 5.32 Å². The van der Waals surface area contributed by atoms with E-state index in [1.807, 2.05) is 0 Å². The molecule has 0 bridgehead atoms. The Morgan fingerprint density at radius 1 is 1.44 bits per heavy atom. The van der Waals surface area contributed by atoms with Crippen molar-refractivity contribution in [2.45, 2.75) is 43.7 Å². The fourth-order valence-electron chi connectivity index (χ4n) is 0.993. The third-order valence-corrected chi connectivity index (χ3v) is 2.41. The number of rotatable bonds is 5. The molecule has 0 saturated carbocycles. The summed E-state index contributed by atoms with van der Waals surface area (Å²) in [5, 5.41) is 11.5. The number of carbonyl (C=O) groups excluding carboxylic acids is 2. The third kappa shape index (κ3) is 4.38. The summed E-state index contributed by atoms with van der Waals surface area (Å²) >= 11 is 4.15. The zero-order chi connectivity index (χ0) is 13.1. The summed E-state index contributed by atoms with van der Waals surface area (Å²) in [5.41, 5.74) is 10.6. The van der Waals surface area contributed by atoms with Crippen molar-refractivity contribution in [2.75, 3.05) is 0 Å². The molecule has 3 atom stereocenters. The zero-order valence-electron chi connectivity index (χ0n) is 9.60. The van der Waals surface area contributed by atoms with Crippen LogP contribution in [0.1, 0.15) is 20.8 Å². The molecule has 94 valence electrons. The summed E-state index contributed by atoms with van der Waals surface area (Å²) in [5.74, 6) is -1.39. The lowest BCUT2D eigenvalue weighted by Gasteiger charge is -2.27. The molecule has 0 aliphatic heterocycles. The van der Waals surface area contributed by atoms with Gasteiger partial charge in [-0.05, 0) is 20.8 Å². The SMILES string of the molecule is C[C@@H](O)[C@H](NC(=O)[C@@H](N)C(C)(C)S)C(N)=O. The molecule has 0 aromatic carbocycles. The van der Waals surface area contributed by atoms with Gasteiger partial charge in [0, 0.05) is 4.75 Å². The van der Waals surface area contributed by atoms with E-state index < -0.39 is 34.7 Å². The molecule has 0 aliphatic carbocycles. The molecule has 2 amide bonds. The van der Waals surface area contributed by atoms with Gasteiger partial charge in [-0.15, -0.1) is 0 Å². The van der Waals surface area contributed by atoms with Crippen molar-refractivity contribution >= 4 is 24.4 Å². The fourth-order valence-corrected chi connectivity index (χ4v) is 1.11. The molecule has 0 unspecified atom stereocenters. The van der Waals surface area contributed by atoms with E-state index in [0.29, 0.717) is 0 Å². The topological polar surface area (TPSA) is 118 Å². The number of amides is 2. The predicted molar refractivity (Wildman–Crippen MR) is 63.8 cm³/mol. The predicted octanol–water partition coefficient (Wildman–Crippen LogP) is -1.63. The lowest BCUT2D eigenvalue weighted by molar-refractivity contribution is -0.130. The van der Waals surface area contributed by atoms with E-state index in [1.54, 1.807) is 13.8 Å². The number of primary amides is 1. The van der Waals surface area contributed by atoms with Crippen molar-refractivity contribution in [1.29, 1.82) is 0 Å². The van der Waals surface area contributed by atoms with Gasteiger partial charge in [0.1, 0.15) is 6.04 Å². The third-order valence-electron chi connectivity index (χ3n) is 2.13. The van der Waals surface area contributed by atoms with Crippen LogP contribution in [0.3, 0.4) is 0 Å². The van der Waals surface area contributed by atoms with Gasteiger partial charge in [0.15, 0.2) is 0 Å². The summed E-state index contributed by atoms with van der Waals surface area (Å²) in [6.07, 6.45) is -1.07. The van der Waals surface area contributed by atoms with E-state index in [-0.39, 0.29) is 0 Å². The second kappa shape index (κ2) is 5.51. The molecule has 6 nitrogen and oxygen atoms in total. The minimum atomic E-state index is -1.14. The Bertz CT molecular complexity index is 276. The van der Waals surface area contributed by atoms with Gasteiger partial charge in [0.2, 0.25) is 11.8 Å². The molecule has 0 aromatic heterocycles. The van der Waals surface area contributed by atoms with Crippen molar-refractivity contribution in [3.63, 3.8) is 0 Å². The summed E-state index contributed by atoms with van der Waals surface area (Å²) in [7, 11) is 0. The maximum atomic E-state index is 11.6. The summed E-state index contributed by atoms with van der Waals surface area (Å²) < 4.78 is -0.731. The van der Waals surface area contributed by atoms with Crippen LogP contribution in [-0.4, -0.2) is 39.9 Å². The largest absolute Gasteiger partial charge is 0.391 e. The maximum absolute atomic E-state index is 11.6. The van der Waals surface area contributed by atoms with E-state index in [9.17, 15) is 14.7 Å². The van der Waals surface area contributed by atoms with Gasteiger partial charge in [-0.3, -0.25) is 9.59 Å². The standard InChI is InChI=1S/C9H19N3O3S/c1-4(13)5(7(11)14)12-8(15)6(10)9(2,3)16/h4-6,13,16H,10H2,1-3H3,(H2,11,14)(H,12,15)/t4-,5+,6-/m1/s1. The van der Waals surface area contributed by atoms with Crippen molar-refractivity contribution < 1.29 is 14.7 Å². The number of hydrogen-bond acceptors (Lipinski definition) is 5. The van der Waals surface area contributed by atoms with Gasteiger partial charge in [-0.1, -0.05) is 0 Å². The van der Waals surface area contributed by atoms with Crippen molar-refractivity contribution in [2.24, 2.45) is 11.5 Å². The lowest BCUT2D eigenvalue weighted by atomic mass is 10.0.